The molecule has 0 bridgehead atoms. The summed E-state index contributed by atoms with van der Waals surface area (Å²) in [6.45, 7) is 4.28. The molecule has 0 amide bonds. The maximum absolute atomic E-state index is 15.5. The fourth-order valence-corrected chi connectivity index (χ4v) is 4.94. The highest BCUT2D eigenvalue weighted by Crippen LogP contribution is 2.29. The molecule has 230 valence electrons. The zero-order valence-corrected chi connectivity index (χ0v) is 24.9. The number of pyridine rings is 1. The first-order valence-electron chi connectivity index (χ1n) is 14.1. The number of methoxy groups -OCH3 is 1. The number of fused-ring (bicyclic) bond motifs is 1. The minimum absolute atomic E-state index is 0.0258. The second-order valence-electron chi connectivity index (χ2n) is 10.2. The van der Waals surface area contributed by atoms with Gasteiger partial charge in [0.05, 0.1) is 47.1 Å². The zero-order valence-electron chi connectivity index (χ0n) is 24.9. The van der Waals surface area contributed by atoms with E-state index in [2.05, 4.69) is 9.97 Å². The van der Waals surface area contributed by atoms with E-state index in [0.29, 0.717) is 41.1 Å². The smallest absolute Gasteiger partial charge is 0.338 e. The van der Waals surface area contributed by atoms with Crippen molar-refractivity contribution in [1.29, 1.82) is 5.26 Å². The van der Waals surface area contributed by atoms with Crippen molar-refractivity contribution in [2.45, 2.75) is 33.4 Å². The number of rotatable bonds is 11. The second-order valence-corrected chi connectivity index (χ2v) is 10.2. The van der Waals surface area contributed by atoms with Crippen LogP contribution in [-0.2, 0) is 29.0 Å². The highest BCUT2D eigenvalue weighted by atomic mass is 19.1. The zero-order chi connectivity index (χ0) is 32.1. The Morgan fingerprint density at radius 1 is 0.978 bits per heavy atom. The van der Waals surface area contributed by atoms with Gasteiger partial charge in [-0.05, 0) is 67.4 Å². The predicted octanol–water partition coefficient (Wildman–Crippen LogP) is 6.69. The van der Waals surface area contributed by atoms with Crippen molar-refractivity contribution < 1.29 is 32.2 Å². The van der Waals surface area contributed by atoms with Gasteiger partial charge in [-0.2, -0.15) is 5.26 Å². The lowest BCUT2D eigenvalue weighted by Crippen LogP contribution is -2.11. The number of hydrogen-bond donors (Lipinski definition) is 0. The topological polar surface area (TPSA) is 99.3 Å². The molecular formula is C34H29F3N4O4. The van der Waals surface area contributed by atoms with Gasteiger partial charge in [-0.25, -0.2) is 27.9 Å². The summed E-state index contributed by atoms with van der Waals surface area (Å²) in [5.41, 5.74) is 2.87. The summed E-state index contributed by atoms with van der Waals surface area (Å²) in [6.07, 6.45) is -0.0258. The molecule has 0 unspecified atom stereocenters. The number of nitrogens with zero attached hydrogens (tertiary/aromatic N) is 4. The van der Waals surface area contributed by atoms with Gasteiger partial charge in [-0.3, -0.25) is 0 Å². The number of ether oxygens (including phenoxy) is 3. The van der Waals surface area contributed by atoms with E-state index in [1.165, 1.54) is 24.3 Å². The molecule has 0 spiro atoms. The largest absolute Gasteiger partial charge is 0.473 e. The standard InChI is InChI=1S/C34H29F3N4O4/c1-4-44-34(42)24-17-31-30(12-20(24)2)39-32(41(31)10-11-43-3)15-23-14-28(37)25(16-27(23)36)29-6-5-7-33(40-29)45-19-22-9-8-21(18-38)13-26(22)35/h5-9,12-14,16-17H,4,10-11,15,19H2,1-3H3. The van der Waals surface area contributed by atoms with Crippen molar-refractivity contribution in [3.05, 3.63) is 112 Å². The average Bonchev–Trinajstić information content (AvgIpc) is 3.35. The number of benzene rings is 3. The Labute approximate surface area is 257 Å². The Kier molecular flexibility index (Phi) is 9.45. The van der Waals surface area contributed by atoms with Crippen LogP contribution < -0.4 is 4.74 Å². The molecule has 5 aromatic rings. The number of carbonyl (C=O) groups is 1. The van der Waals surface area contributed by atoms with Crippen LogP contribution in [0.1, 0.15) is 45.4 Å². The molecule has 2 heterocycles. The second kappa shape index (κ2) is 13.6. The van der Waals surface area contributed by atoms with Crippen molar-refractivity contribution >= 4 is 17.0 Å². The maximum atomic E-state index is 15.5. The number of esters is 1. The minimum Gasteiger partial charge on any atom is -0.473 e. The predicted molar refractivity (Wildman–Crippen MR) is 160 cm³/mol. The van der Waals surface area contributed by atoms with Crippen LogP contribution >= 0.6 is 0 Å². The normalized spacial score (nSPS) is 11.0. The highest BCUT2D eigenvalue weighted by molar-refractivity contribution is 5.95. The van der Waals surface area contributed by atoms with Crippen LogP contribution in [-0.4, -0.2) is 40.8 Å². The van der Waals surface area contributed by atoms with E-state index in [4.69, 9.17) is 19.5 Å². The highest BCUT2D eigenvalue weighted by Gasteiger charge is 2.20. The fourth-order valence-electron chi connectivity index (χ4n) is 4.94. The van der Waals surface area contributed by atoms with Gasteiger partial charge in [0.2, 0.25) is 5.88 Å². The van der Waals surface area contributed by atoms with Crippen LogP contribution in [0.4, 0.5) is 13.2 Å². The quantitative estimate of drug-likeness (QED) is 0.153. The first-order valence-corrected chi connectivity index (χ1v) is 14.1. The van der Waals surface area contributed by atoms with E-state index in [1.54, 1.807) is 39.2 Å². The van der Waals surface area contributed by atoms with E-state index in [0.717, 1.165) is 18.2 Å². The molecule has 0 aliphatic rings. The number of aromatic nitrogens is 3. The van der Waals surface area contributed by atoms with Gasteiger partial charge >= 0.3 is 5.97 Å². The molecule has 0 saturated carbocycles. The summed E-state index contributed by atoms with van der Waals surface area (Å²) in [5.74, 6) is -1.85. The van der Waals surface area contributed by atoms with E-state index in [-0.39, 0.29) is 53.5 Å². The van der Waals surface area contributed by atoms with Gasteiger partial charge in [0.1, 0.15) is 29.9 Å². The maximum Gasteiger partial charge on any atom is 0.338 e. The van der Waals surface area contributed by atoms with Crippen molar-refractivity contribution in [2.75, 3.05) is 20.3 Å². The van der Waals surface area contributed by atoms with E-state index >= 15 is 8.78 Å². The van der Waals surface area contributed by atoms with Crippen molar-refractivity contribution in [1.82, 2.24) is 14.5 Å². The molecule has 0 aliphatic carbocycles. The molecular weight excluding hydrogens is 585 g/mol. The summed E-state index contributed by atoms with van der Waals surface area (Å²) in [5, 5.41) is 8.92. The molecule has 0 atom stereocenters. The Balaban J connectivity index is 1.42. The van der Waals surface area contributed by atoms with Crippen LogP contribution in [0, 0.1) is 35.7 Å². The summed E-state index contributed by atoms with van der Waals surface area (Å²) in [4.78, 5) is 21.5. The molecule has 0 fully saturated rings. The number of halogens is 3. The summed E-state index contributed by atoms with van der Waals surface area (Å²) < 4.78 is 63.1. The third-order valence-electron chi connectivity index (χ3n) is 7.23. The molecule has 3 aromatic carbocycles. The van der Waals surface area contributed by atoms with E-state index < -0.39 is 23.4 Å². The van der Waals surface area contributed by atoms with Gasteiger partial charge in [0, 0.05) is 37.3 Å². The molecule has 5 rings (SSSR count). The SMILES string of the molecule is CCOC(=O)c1cc2c(cc1C)nc(Cc1cc(F)c(-c3cccc(OCc4ccc(C#N)cc4F)n3)cc1F)n2CCOC. The lowest BCUT2D eigenvalue weighted by Gasteiger charge is -2.12. The van der Waals surface area contributed by atoms with E-state index in [9.17, 15) is 9.18 Å². The molecule has 0 aliphatic heterocycles. The lowest BCUT2D eigenvalue weighted by molar-refractivity contribution is 0.0525. The minimum atomic E-state index is -0.700. The summed E-state index contributed by atoms with van der Waals surface area (Å²) in [7, 11) is 1.56. The van der Waals surface area contributed by atoms with Gasteiger partial charge < -0.3 is 18.8 Å². The number of carbonyl (C=O) groups excluding carboxylic acids is 1. The third-order valence-corrected chi connectivity index (χ3v) is 7.23. The molecule has 0 N–H and O–H groups in total. The Morgan fingerprint density at radius 2 is 1.78 bits per heavy atom. The van der Waals surface area contributed by atoms with Gasteiger partial charge in [0.15, 0.2) is 0 Å². The lowest BCUT2D eigenvalue weighted by atomic mass is 10.0. The van der Waals surface area contributed by atoms with Crippen LogP contribution in [0.25, 0.3) is 22.3 Å². The van der Waals surface area contributed by atoms with Gasteiger partial charge in [-0.1, -0.05) is 12.1 Å². The molecule has 0 radical (unpaired) electrons. The Hall–Kier alpha value is -5.21. The first-order chi connectivity index (χ1) is 21.7. The molecule has 0 saturated heterocycles. The average molecular weight is 615 g/mol. The van der Waals surface area contributed by atoms with Crippen LogP contribution in [0.3, 0.4) is 0 Å². The molecule has 8 nitrogen and oxygen atoms in total. The number of hydrogen-bond acceptors (Lipinski definition) is 7. The van der Waals surface area contributed by atoms with Crippen molar-refractivity contribution in [3.63, 3.8) is 0 Å². The first kappa shape index (κ1) is 31.2. The van der Waals surface area contributed by atoms with Crippen molar-refractivity contribution in [2.24, 2.45) is 0 Å². The van der Waals surface area contributed by atoms with E-state index in [1.807, 2.05) is 10.6 Å². The van der Waals surface area contributed by atoms with Crippen LogP contribution in [0.2, 0.25) is 0 Å². The van der Waals surface area contributed by atoms with Crippen molar-refractivity contribution in [3.8, 4) is 23.2 Å². The summed E-state index contributed by atoms with van der Waals surface area (Å²) in [6, 6.07) is 16.1. The molecule has 11 heteroatoms. The molecule has 2 aromatic heterocycles. The number of nitriles is 1. The van der Waals surface area contributed by atoms with Crippen LogP contribution in [0.5, 0.6) is 5.88 Å². The molecule has 45 heavy (non-hydrogen) atoms. The van der Waals surface area contributed by atoms with Crippen LogP contribution in [0.15, 0.2) is 60.7 Å². The van der Waals surface area contributed by atoms with Gasteiger partial charge in [0.25, 0.3) is 0 Å². The van der Waals surface area contributed by atoms with Gasteiger partial charge in [-0.15, -0.1) is 0 Å². The Morgan fingerprint density at radius 3 is 2.51 bits per heavy atom. The monoisotopic (exact) mass is 614 g/mol. The number of imidazole rings is 1. The summed E-state index contributed by atoms with van der Waals surface area (Å²) >= 11 is 0. The number of aryl methyl sites for hydroxylation is 1. The fraction of sp³-hybridized carbons (Fsp3) is 0.235. The Bertz CT molecular complexity index is 1930. The third kappa shape index (κ3) is 6.81.